The fourth-order valence-corrected chi connectivity index (χ4v) is 4.29. The number of aliphatic hydroxyl groups is 1. The maximum absolute atomic E-state index is 13.8. The van der Waals surface area contributed by atoms with E-state index in [1.54, 1.807) is 32.9 Å². The number of Topliss-reactive ketones (excluding diaryl/α,β-unsaturated/α-hetero) is 1. The molecular weight excluding hydrogens is 408 g/mol. The van der Waals surface area contributed by atoms with Gasteiger partial charge >= 0.3 is 11.6 Å². The number of carbonyl (C=O) groups excluding carboxylic acids is 2. The van der Waals surface area contributed by atoms with Crippen molar-refractivity contribution in [2.24, 2.45) is 5.92 Å². The third kappa shape index (κ3) is 3.15. The molecule has 31 heavy (non-hydrogen) atoms. The van der Waals surface area contributed by atoms with Crippen molar-refractivity contribution < 1.29 is 38.1 Å². The summed E-state index contributed by atoms with van der Waals surface area (Å²) in [5.74, 6) is -1.83. The molecule has 166 valence electrons. The normalized spacial score (nSPS) is 30.3. The molecule has 3 heterocycles. The molecule has 4 rings (SSSR count). The van der Waals surface area contributed by atoms with Crippen LogP contribution in [-0.2, 0) is 19.0 Å². The fourth-order valence-electron chi connectivity index (χ4n) is 4.29. The molecule has 1 unspecified atom stereocenters. The van der Waals surface area contributed by atoms with Crippen LogP contribution in [0.1, 0.15) is 38.1 Å². The second kappa shape index (κ2) is 7.15. The predicted molar refractivity (Wildman–Crippen MR) is 107 cm³/mol. The van der Waals surface area contributed by atoms with Gasteiger partial charge in [0.15, 0.2) is 12.4 Å². The minimum Gasteiger partial charge on any atom is -0.474 e. The Morgan fingerprint density at radius 1 is 1.23 bits per heavy atom. The van der Waals surface area contributed by atoms with Crippen LogP contribution < -0.4 is 10.4 Å². The molecule has 2 aliphatic heterocycles. The number of hydrogen-bond acceptors (Lipinski definition) is 9. The van der Waals surface area contributed by atoms with E-state index in [-0.39, 0.29) is 16.9 Å². The third-order valence-electron chi connectivity index (χ3n) is 6.19. The van der Waals surface area contributed by atoms with Gasteiger partial charge in [-0.05, 0) is 26.0 Å². The summed E-state index contributed by atoms with van der Waals surface area (Å²) >= 11 is 0. The zero-order valence-corrected chi connectivity index (χ0v) is 17.8. The van der Waals surface area contributed by atoms with Crippen LogP contribution in [0, 0.1) is 5.92 Å². The van der Waals surface area contributed by atoms with Gasteiger partial charge in [-0.25, -0.2) is 4.79 Å². The summed E-state index contributed by atoms with van der Waals surface area (Å²) in [5, 5.41) is 11.2. The van der Waals surface area contributed by atoms with E-state index in [1.165, 1.54) is 26.2 Å². The molecule has 0 radical (unpaired) electrons. The summed E-state index contributed by atoms with van der Waals surface area (Å²) < 4.78 is 28.2. The number of rotatable bonds is 3. The molecule has 1 aromatic heterocycles. The number of fused-ring (bicyclic) bond motifs is 2. The molecule has 0 aliphatic carbocycles. The lowest BCUT2D eigenvalue weighted by atomic mass is 9.72. The van der Waals surface area contributed by atoms with Crippen molar-refractivity contribution in [3.63, 3.8) is 0 Å². The highest BCUT2D eigenvalue weighted by molar-refractivity contribution is 6.10. The quantitative estimate of drug-likeness (QED) is 0.572. The molecule has 1 saturated heterocycles. The molecule has 9 nitrogen and oxygen atoms in total. The largest absolute Gasteiger partial charge is 0.474 e. The Morgan fingerprint density at radius 2 is 1.94 bits per heavy atom. The van der Waals surface area contributed by atoms with Crippen molar-refractivity contribution in [3.8, 4) is 5.75 Å². The smallest absolute Gasteiger partial charge is 0.336 e. The van der Waals surface area contributed by atoms with Crippen LogP contribution in [0.3, 0.4) is 0 Å². The van der Waals surface area contributed by atoms with E-state index < -0.39 is 53.0 Å². The Hall–Kier alpha value is -2.75. The first-order valence-corrected chi connectivity index (χ1v) is 9.89. The number of ketones is 1. The van der Waals surface area contributed by atoms with Crippen molar-refractivity contribution in [1.29, 1.82) is 0 Å². The van der Waals surface area contributed by atoms with Crippen LogP contribution in [0.15, 0.2) is 33.5 Å². The van der Waals surface area contributed by atoms with Gasteiger partial charge in [-0.2, -0.15) is 0 Å². The highest BCUT2D eigenvalue weighted by atomic mass is 16.7. The second-order valence-corrected chi connectivity index (χ2v) is 8.44. The van der Waals surface area contributed by atoms with E-state index in [0.717, 1.165) is 0 Å². The Bertz CT molecular complexity index is 1120. The summed E-state index contributed by atoms with van der Waals surface area (Å²) in [6, 6.07) is 5.81. The first-order chi connectivity index (χ1) is 14.5. The van der Waals surface area contributed by atoms with Crippen molar-refractivity contribution in [1.82, 2.24) is 0 Å². The fraction of sp³-hybridized carbons (Fsp3) is 0.500. The van der Waals surface area contributed by atoms with Crippen LogP contribution in [0.2, 0.25) is 0 Å². The van der Waals surface area contributed by atoms with Gasteiger partial charge in [0.1, 0.15) is 17.4 Å². The Balaban J connectivity index is 1.91. The lowest BCUT2D eigenvalue weighted by Gasteiger charge is -2.51. The van der Waals surface area contributed by atoms with E-state index in [2.05, 4.69) is 0 Å². The Kier molecular flexibility index (Phi) is 4.95. The van der Waals surface area contributed by atoms with E-state index in [0.29, 0.717) is 5.39 Å². The zero-order valence-electron chi connectivity index (χ0n) is 17.8. The van der Waals surface area contributed by atoms with Crippen molar-refractivity contribution in [2.75, 3.05) is 7.11 Å². The van der Waals surface area contributed by atoms with Gasteiger partial charge in [-0.1, -0.05) is 6.92 Å². The van der Waals surface area contributed by atoms with Gasteiger partial charge in [0.05, 0.1) is 17.1 Å². The number of carbonyl (C=O) groups is 2. The van der Waals surface area contributed by atoms with Crippen LogP contribution in [0.4, 0.5) is 0 Å². The highest BCUT2D eigenvalue weighted by Gasteiger charge is 2.68. The van der Waals surface area contributed by atoms with Gasteiger partial charge < -0.3 is 28.5 Å². The number of hydrogen-bond donors (Lipinski definition) is 1. The molecule has 0 saturated carbocycles. The molecule has 1 spiro atoms. The summed E-state index contributed by atoms with van der Waals surface area (Å²) in [6.45, 7) is 6.19. The zero-order chi connectivity index (χ0) is 22.7. The van der Waals surface area contributed by atoms with Gasteiger partial charge in [0.2, 0.25) is 11.4 Å². The first-order valence-electron chi connectivity index (χ1n) is 9.89. The standard InChI is InChI=1S/C22H24O9/c1-10-20(26)30-18(21(3,4)27-5)19(28-11(2)23)22(10)17(25)13-8-12-6-7-16(24)29-14(12)9-15(13)31-22/h6-10,18-20,26H,1-5H3/t10-,18+,19?,20+,22+/m0/s1. The molecule has 0 bridgehead atoms. The summed E-state index contributed by atoms with van der Waals surface area (Å²) in [7, 11) is 1.45. The van der Waals surface area contributed by atoms with Crippen LogP contribution in [0.25, 0.3) is 11.0 Å². The molecule has 0 amide bonds. The van der Waals surface area contributed by atoms with E-state index in [9.17, 15) is 19.5 Å². The van der Waals surface area contributed by atoms with Gasteiger partial charge in [-0.15, -0.1) is 0 Å². The number of benzene rings is 1. The predicted octanol–water partition coefficient (Wildman–Crippen LogP) is 1.82. The monoisotopic (exact) mass is 432 g/mol. The molecule has 1 fully saturated rings. The maximum Gasteiger partial charge on any atom is 0.336 e. The van der Waals surface area contributed by atoms with E-state index in [1.807, 2.05) is 0 Å². The van der Waals surface area contributed by atoms with Crippen LogP contribution >= 0.6 is 0 Å². The SMILES string of the molecule is COC(C)(C)[C@@H]1O[C@@H](O)[C@H](C)[C@]2(Oc3cc4oc(=O)ccc4cc3C2=O)C1OC(C)=O. The molecule has 2 aliphatic rings. The lowest BCUT2D eigenvalue weighted by molar-refractivity contribution is -0.307. The summed E-state index contributed by atoms with van der Waals surface area (Å²) in [4.78, 5) is 37.4. The maximum atomic E-state index is 13.8. The average molecular weight is 432 g/mol. The number of methoxy groups -OCH3 is 1. The van der Waals surface area contributed by atoms with E-state index >= 15 is 0 Å². The van der Waals surface area contributed by atoms with Crippen LogP contribution in [0.5, 0.6) is 5.75 Å². The topological polar surface area (TPSA) is 122 Å². The number of ether oxygens (including phenoxy) is 4. The van der Waals surface area contributed by atoms with Gasteiger partial charge in [0.25, 0.3) is 0 Å². The number of aliphatic hydroxyl groups excluding tert-OH is 1. The molecule has 2 aromatic rings. The third-order valence-corrected chi connectivity index (χ3v) is 6.19. The Labute approximate surface area is 177 Å². The lowest BCUT2D eigenvalue weighted by Crippen LogP contribution is -2.72. The summed E-state index contributed by atoms with van der Waals surface area (Å²) in [6.07, 6.45) is -3.62. The molecule has 9 heteroatoms. The van der Waals surface area contributed by atoms with Crippen molar-refractivity contribution in [3.05, 3.63) is 40.2 Å². The first kappa shape index (κ1) is 21.5. The minimum atomic E-state index is -1.76. The van der Waals surface area contributed by atoms with Crippen molar-refractivity contribution in [2.45, 2.75) is 57.4 Å². The van der Waals surface area contributed by atoms with Crippen LogP contribution in [-0.4, -0.2) is 53.7 Å². The summed E-state index contributed by atoms with van der Waals surface area (Å²) in [5.41, 5.74) is -2.86. The highest BCUT2D eigenvalue weighted by Crippen LogP contribution is 2.50. The Morgan fingerprint density at radius 3 is 2.58 bits per heavy atom. The second-order valence-electron chi connectivity index (χ2n) is 8.44. The van der Waals surface area contributed by atoms with Crippen molar-refractivity contribution >= 4 is 22.7 Å². The number of esters is 1. The minimum absolute atomic E-state index is 0.166. The average Bonchev–Trinajstić information content (AvgIpc) is 2.99. The molecule has 1 N–H and O–H groups in total. The van der Waals surface area contributed by atoms with E-state index in [4.69, 9.17) is 23.4 Å². The molecule has 1 aromatic carbocycles. The molecule has 5 atom stereocenters. The van der Waals surface area contributed by atoms with Gasteiger partial charge in [-0.3, -0.25) is 9.59 Å². The van der Waals surface area contributed by atoms with Gasteiger partial charge in [0, 0.05) is 31.6 Å². The molecular formula is C22H24O9.